The van der Waals surface area contributed by atoms with Crippen LogP contribution in [0.2, 0.25) is 0 Å². The lowest BCUT2D eigenvalue weighted by atomic mass is 10.2. The van der Waals surface area contributed by atoms with Gasteiger partial charge in [-0.25, -0.2) is 8.42 Å². The summed E-state index contributed by atoms with van der Waals surface area (Å²) in [5, 5.41) is 1.11. The van der Waals surface area contributed by atoms with Crippen LogP contribution in [0.15, 0.2) is 64.9 Å². The average Bonchev–Trinajstić information content (AvgIpc) is 2.76. The van der Waals surface area contributed by atoms with E-state index in [9.17, 15) is 13.2 Å². The quantitative estimate of drug-likeness (QED) is 0.508. The van der Waals surface area contributed by atoms with Crippen molar-refractivity contribution < 1.29 is 13.2 Å². The highest BCUT2D eigenvalue weighted by molar-refractivity contribution is 7.98. The van der Waals surface area contributed by atoms with Crippen molar-refractivity contribution in [2.24, 2.45) is 0 Å². The third-order valence-electron chi connectivity index (χ3n) is 4.41. The van der Waals surface area contributed by atoms with Crippen molar-refractivity contribution >= 4 is 45.5 Å². The monoisotopic (exact) mass is 464 g/mol. The molecule has 0 aliphatic rings. The van der Waals surface area contributed by atoms with E-state index < -0.39 is 16.1 Å². The Bertz CT molecular complexity index is 930. The van der Waals surface area contributed by atoms with Gasteiger partial charge in [-0.15, -0.1) is 11.8 Å². The predicted octanol–water partition coefficient (Wildman–Crippen LogP) is 4.08. The normalized spacial score (nSPS) is 12.8. The number of sulfonamides is 1. The van der Waals surface area contributed by atoms with Crippen molar-refractivity contribution in [3.05, 3.63) is 71.1 Å². The van der Waals surface area contributed by atoms with Gasteiger partial charge in [0.15, 0.2) is 0 Å². The van der Waals surface area contributed by atoms with E-state index in [2.05, 4.69) is 4.72 Å². The second-order valence-corrected chi connectivity index (χ2v) is 10.2. The van der Waals surface area contributed by atoms with Crippen LogP contribution in [0, 0.1) is 0 Å². The van der Waals surface area contributed by atoms with Gasteiger partial charge < -0.3 is 4.90 Å². The topological polar surface area (TPSA) is 66.5 Å². The zero-order valence-electron chi connectivity index (χ0n) is 17.4. The summed E-state index contributed by atoms with van der Waals surface area (Å²) in [7, 11) is -2.06. The molecule has 2 aromatic carbocycles. The number of carbonyl (C=O) groups excluding carboxylic acids is 1. The van der Waals surface area contributed by atoms with E-state index >= 15 is 0 Å². The Morgan fingerprint density at radius 3 is 2.37 bits per heavy atom. The number of hydrogen-bond acceptors (Lipinski definition) is 5. The zero-order chi connectivity index (χ0) is 22.0. The van der Waals surface area contributed by atoms with Gasteiger partial charge in [0.05, 0.1) is 0 Å². The SMILES string of the molecule is CSCCC(NS(=O)(=O)/C=C/c1ccccc1)C(=O)N(C)Cc1ccc(SC)cc1. The molecule has 0 fully saturated rings. The molecular formula is C22H28N2O3S3. The van der Waals surface area contributed by atoms with Crippen LogP contribution in [-0.4, -0.2) is 50.6 Å². The minimum atomic E-state index is -3.76. The van der Waals surface area contributed by atoms with Crippen molar-refractivity contribution in [1.82, 2.24) is 9.62 Å². The fourth-order valence-corrected chi connectivity index (χ4v) is 4.70. The maximum absolute atomic E-state index is 13.0. The van der Waals surface area contributed by atoms with Crippen molar-refractivity contribution in [3.8, 4) is 0 Å². The van der Waals surface area contributed by atoms with E-state index in [1.807, 2.05) is 67.1 Å². The van der Waals surface area contributed by atoms with Crippen LogP contribution in [-0.2, 0) is 21.4 Å². The Hall–Kier alpha value is -1.74. The van der Waals surface area contributed by atoms with E-state index in [0.717, 1.165) is 21.4 Å². The van der Waals surface area contributed by atoms with Gasteiger partial charge in [-0.1, -0.05) is 42.5 Å². The van der Waals surface area contributed by atoms with Gasteiger partial charge in [-0.05, 0) is 54.0 Å². The lowest BCUT2D eigenvalue weighted by molar-refractivity contribution is -0.132. The van der Waals surface area contributed by atoms with Gasteiger partial charge in [0.25, 0.3) is 0 Å². The highest BCUT2D eigenvalue weighted by Gasteiger charge is 2.25. The number of likely N-dealkylation sites (N-methyl/N-ethyl adjacent to an activating group) is 1. The molecule has 162 valence electrons. The lowest BCUT2D eigenvalue weighted by Gasteiger charge is -2.24. The zero-order valence-corrected chi connectivity index (χ0v) is 19.9. The number of amides is 1. The Morgan fingerprint density at radius 2 is 1.77 bits per heavy atom. The van der Waals surface area contributed by atoms with Crippen LogP contribution < -0.4 is 4.72 Å². The summed E-state index contributed by atoms with van der Waals surface area (Å²) in [6, 6.07) is 16.4. The maximum atomic E-state index is 13.0. The third kappa shape index (κ3) is 8.18. The summed E-state index contributed by atoms with van der Waals surface area (Å²) in [6.07, 6.45) is 5.89. The first-order valence-corrected chi connectivity index (χ1v) is 13.6. The summed E-state index contributed by atoms with van der Waals surface area (Å²) < 4.78 is 27.7. The number of hydrogen-bond donors (Lipinski definition) is 1. The second kappa shape index (κ2) is 12.2. The molecule has 0 saturated carbocycles. The molecule has 0 saturated heterocycles. The van der Waals surface area contributed by atoms with Gasteiger partial charge in [-0.2, -0.15) is 16.5 Å². The Kier molecular flexibility index (Phi) is 9.97. The number of thioether (sulfide) groups is 2. The van der Waals surface area contributed by atoms with Crippen molar-refractivity contribution in [2.75, 3.05) is 25.3 Å². The standard InChI is InChI=1S/C22H28N2O3S3/c1-24(17-19-9-11-20(29-3)12-10-19)22(25)21(13-15-28-2)23-30(26,27)16-14-18-7-5-4-6-8-18/h4-12,14,16,21,23H,13,15,17H2,1-3H3/b16-14+. The molecule has 0 aliphatic carbocycles. The first kappa shape index (κ1) is 24.5. The van der Waals surface area contributed by atoms with Crippen LogP contribution in [0.5, 0.6) is 0 Å². The summed E-state index contributed by atoms with van der Waals surface area (Å²) in [5.41, 5.74) is 1.78. The number of nitrogens with zero attached hydrogens (tertiary/aromatic N) is 1. The number of benzene rings is 2. The van der Waals surface area contributed by atoms with Crippen LogP contribution in [0.1, 0.15) is 17.5 Å². The van der Waals surface area contributed by atoms with Crippen molar-refractivity contribution in [1.29, 1.82) is 0 Å². The molecule has 5 nitrogen and oxygen atoms in total. The van der Waals surface area contributed by atoms with Gasteiger partial charge in [0.1, 0.15) is 6.04 Å². The average molecular weight is 465 g/mol. The van der Waals surface area contributed by atoms with E-state index in [0.29, 0.717) is 18.7 Å². The number of rotatable bonds is 11. The molecule has 1 N–H and O–H groups in total. The molecule has 0 radical (unpaired) electrons. The second-order valence-electron chi connectivity index (χ2n) is 6.75. The molecule has 1 amide bonds. The third-order valence-corrected chi connectivity index (χ3v) is 6.90. The van der Waals surface area contributed by atoms with Crippen LogP contribution in [0.4, 0.5) is 0 Å². The Morgan fingerprint density at radius 1 is 1.10 bits per heavy atom. The molecule has 8 heteroatoms. The molecule has 0 aliphatic heterocycles. The first-order chi connectivity index (χ1) is 14.3. The summed E-state index contributed by atoms with van der Waals surface area (Å²) in [6.45, 7) is 0.421. The molecule has 1 atom stereocenters. The van der Waals surface area contributed by atoms with Crippen LogP contribution in [0.3, 0.4) is 0 Å². The fraction of sp³-hybridized carbons (Fsp3) is 0.318. The number of nitrogens with one attached hydrogen (secondary N) is 1. The molecule has 2 rings (SSSR count). The molecule has 0 bridgehead atoms. The molecule has 0 spiro atoms. The number of carbonyl (C=O) groups is 1. The first-order valence-electron chi connectivity index (χ1n) is 9.47. The van der Waals surface area contributed by atoms with Crippen molar-refractivity contribution in [3.63, 3.8) is 0 Å². The maximum Gasteiger partial charge on any atom is 0.240 e. The highest BCUT2D eigenvalue weighted by Crippen LogP contribution is 2.16. The van der Waals surface area contributed by atoms with Crippen LogP contribution >= 0.6 is 23.5 Å². The van der Waals surface area contributed by atoms with Crippen molar-refractivity contribution in [2.45, 2.75) is 23.9 Å². The molecule has 30 heavy (non-hydrogen) atoms. The van der Waals surface area contributed by atoms with Gasteiger partial charge in [0, 0.05) is 23.9 Å². The molecule has 0 aromatic heterocycles. The van der Waals surface area contributed by atoms with E-state index in [-0.39, 0.29) is 5.91 Å². The molecule has 0 heterocycles. The van der Waals surface area contributed by atoms with E-state index in [1.165, 1.54) is 6.08 Å². The van der Waals surface area contributed by atoms with E-state index in [1.54, 1.807) is 35.5 Å². The Balaban J connectivity index is 2.08. The molecule has 1 unspecified atom stereocenters. The fourth-order valence-electron chi connectivity index (χ4n) is 2.79. The smallest absolute Gasteiger partial charge is 0.240 e. The predicted molar refractivity (Wildman–Crippen MR) is 129 cm³/mol. The minimum Gasteiger partial charge on any atom is -0.340 e. The summed E-state index contributed by atoms with van der Waals surface area (Å²) in [5.74, 6) is 0.437. The Labute approximate surface area is 188 Å². The largest absolute Gasteiger partial charge is 0.340 e. The lowest BCUT2D eigenvalue weighted by Crippen LogP contribution is -2.46. The van der Waals surface area contributed by atoms with Gasteiger partial charge in [0.2, 0.25) is 15.9 Å². The van der Waals surface area contributed by atoms with Crippen LogP contribution in [0.25, 0.3) is 6.08 Å². The van der Waals surface area contributed by atoms with Gasteiger partial charge >= 0.3 is 0 Å². The summed E-state index contributed by atoms with van der Waals surface area (Å²) >= 11 is 3.24. The summed E-state index contributed by atoms with van der Waals surface area (Å²) in [4.78, 5) is 15.7. The minimum absolute atomic E-state index is 0.241. The van der Waals surface area contributed by atoms with Gasteiger partial charge in [-0.3, -0.25) is 4.79 Å². The highest BCUT2D eigenvalue weighted by atomic mass is 32.2. The molecular weight excluding hydrogens is 436 g/mol. The molecule has 2 aromatic rings. The van der Waals surface area contributed by atoms with E-state index in [4.69, 9.17) is 0 Å².